The van der Waals surface area contributed by atoms with Gasteiger partial charge < -0.3 is 10.5 Å². The van der Waals surface area contributed by atoms with Crippen LogP contribution >= 0.6 is 0 Å². The zero-order chi connectivity index (χ0) is 12.3. The van der Waals surface area contributed by atoms with Crippen LogP contribution in [0.5, 0.6) is 11.6 Å². The summed E-state index contributed by atoms with van der Waals surface area (Å²) in [5.41, 5.74) is 5.60. The van der Waals surface area contributed by atoms with Crippen molar-refractivity contribution in [2.45, 2.75) is 13.3 Å². The van der Waals surface area contributed by atoms with Crippen LogP contribution < -0.4 is 10.5 Å². The molecule has 0 fully saturated rings. The number of halogens is 1. The first-order valence-electron chi connectivity index (χ1n) is 5.25. The molecule has 0 saturated heterocycles. The maximum Gasteiger partial charge on any atom is 0.224 e. The van der Waals surface area contributed by atoms with Gasteiger partial charge in [0, 0.05) is 12.5 Å². The molecule has 0 bridgehead atoms. The van der Waals surface area contributed by atoms with E-state index in [9.17, 15) is 4.39 Å². The number of hydrogen-bond donors (Lipinski definition) is 1. The third-order valence-corrected chi connectivity index (χ3v) is 2.14. The minimum Gasteiger partial charge on any atom is -0.436 e. The molecule has 5 heteroatoms. The van der Waals surface area contributed by atoms with Gasteiger partial charge in [0.2, 0.25) is 5.88 Å². The van der Waals surface area contributed by atoms with E-state index in [1.807, 2.05) is 6.92 Å². The highest BCUT2D eigenvalue weighted by Crippen LogP contribution is 2.23. The first-order chi connectivity index (χ1) is 8.19. The van der Waals surface area contributed by atoms with Gasteiger partial charge in [-0.1, -0.05) is 19.1 Å². The Hall–Kier alpha value is -2.17. The molecule has 1 aromatic heterocycles. The van der Waals surface area contributed by atoms with Gasteiger partial charge in [-0.15, -0.1) is 0 Å². The van der Waals surface area contributed by atoms with E-state index in [-0.39, 0.29) is 11.6 Å². The van der Waals surface area contributed by atoms with Crippen LogP contribution in [0.1, 0.15) is 12.7 Å². The largest absolute Gasteiger partial charge is 0.436 e. The molecular formula is C12H12FN3O. The molecule has 0 aliphatic rings. The highest BCUT2D eigenvalue weighted by molar-refractivity contribution is 5.36. The second-order valence-corrected chi connectivity index (χ2v) is 3.43. The number of nitrogens with two attached hydrogens (primary N) is 1. The SMILES string of the molecule is CCc1nc(N)cc(Oc2ccccc2F)n1. The summed E-state index contributed by atoms with van der Waals surface area (Å²) in [5, 5.41) is 0. The Morgan fingerprint density at radius 1 is 1.29 bits per heavy atom. The second-order valence-electron chi connectivity index (χ2n) is 3.43. The number of ether oxygens (including phenoxy) is 1. The van der Waals surface area contributed by atoms with Crippen LogP contribution in [0.25, 0.3) is 0 Å². The highest BCUT2D eigenvalue weighted by Gasteiger charge is 2.06. The van der Waals surface area contributed by atoms with Crippen molar-refractivity contribution in [2.75, 3.05) is 5.73 Å². The van der Waals surface area contributed by atoms with Gasteiger partial charge in [0.15, 0.2) is 11.6 Å². The zero-order valence-electron chi connectivity index (χ0n) is 9.35. The molecule has 2 rings (SSSR count). The van der Waals surface area contributed by atoms with Crippen LogP contribution in [-0.2, 0) is 6.42 Å². The molecule has 2 aromatic rings. The Morgan fingerprint density at radius 2 is 2.06 bits per heavy atom. The summed E-state index contributed by atoms with van der Waals surface area (Å²) in [5.74, 6) is 0.800. The van der Waals surface area contributed by atoms with Crippen molar-refractivity contribution >= 4 is 5.82 Å². The molecule has 2 N–H and O–H groups in total. The maximum absolute atomic E-state index is 13.4. The fraction of sp³-hybridized carbons (Fsp3) is 0.167. The van der Waals surface area contributed by atoms with Crippen molar-refractivity contribution in [1.82, 2.24) is 9.97 Å². The number of nitrogens with zero attached hydrogens (tertiary/aromatic N) is 2. The van der Waals surface area contributed by atoms with E-state index < -0.39 is 5.82 Å². The summed E-state index contributed by atoms with van der Waals surface area (Å²) in [6.07, 6.45) is 0.638. The molecule has 4 nitrogen and oxygen atoms in total. The van der Waals surface area contributed by atoms with Gasteiger partial charge in [-0.05, 0) is 12.1 Å². The molecule has 17 heavy (non-hydrogen) atoms. The third kappa shape index (κ3) is 2.69. The van der Waals surface area contributed by atoms with Gasteiger partial charge in [0.25, 0.3) is 0 Å². The summed E-state index contributed by atoms with van der Waals surface area (Å²) in [6.45, 7) is 1.90. The van der Waals surface area contributed by atoms with Crippen molar-refractivity contribution in [3.8, 4) is 11.6 Å². The van der Waals surface area contributed by atoms with E-state index >= 15 is 0 Å². The molecular weight excluding hydrogens is 221 g/mol. The van der Waals surface area contributed by atoms with Crippen molar-refractivity contribution in [3.63, 3.8) is 0 Å². The normalized spacial score (nSPS) is 10.2. The minimum atomic E-state index is -0.442. The molecule has 0 amide bonds. The maximum atomic E-state index is 13.4. The lowest BCUT2D eigenvalue weighted by Crippen LogP contribution is -2.00. The molecule has 0 spiro atoms. The van der Waals surface area contributed by atoms with E-state index in [0.29, 0.717) is 18.1 Å². The number of para-hydroxylation sites is 1. The summed E-state index contributed by atoms with van der Waals surface area (Å²) in [4.78, 5) is 8.12. The summed E-state index contributed by atoms with van der Waals surface area (Å²) in [7, 11) is 0. The van der Waals surface area contributed by atoms with Gasteiger partial charge in [-0.3, -0.25) is 0 Å². The molecule has 0 radical (unpaired) electrons. The fourth-order valence-electron chi connectivity index (χ4n) is 1.34. The van der Waals surface area contributed by atoms with Gasteiger partial charge in [0.05, 0.1) is 0 Å². The summed E-state index contributed by atoms with van der Waals surface area (Å²) < 4.78 is 18.7. The first kappa shape index (κ1) is 11.3. The van der Waals surface area contributed by atoms with Crippen LogP contribution in [0.2, 0.25) is 0 Å². The molecule has 0 unspecified atom stereocenters. The summed E-state index contributed by atoms with van der Waals surface area (Å²) >= 11 is 0. The Morgan fingerprint density at radius 3 is 2.76 bits per heavy atom. The quantitative estimate of drug-likeness (QED) is 0.885. The van der Waals surface area contributed by atoms with Crippen LogP contribution in [0, 0.1) is 5.82 Å². The predicted molar refractivity (Wildman–Crippen MR) is 62.3 cm³/mol. The monoisotopic (exact) mass is 233 g/mol. The van der Waals surface area contributed by atoms with Crippen LogP contribution in [-0.4, -0.2) is 9.97 Å². The van der Waals surface area contributed by atoms with E-state index in [1.54, 1.807) is 12.1 Å². The molecule has 1 heterocycles. The number of rotatable bonds is 3. The van der Waals surface area contributed by atoms with Crippen LogP contribution in [0.15, 0.2) is 30.3 Å². The number of anilines is 1. The van der Waals surface area contributed by atoms with Gasteiger partial charge in [-0.2, -0.15) is 4.98 Å². The Labute approximate surface area is 98.3 Å². The molecule has 0 saturated carbocycles. The van der Waals surface area contributed by atoms with E-state index in [1.165, 1.54) is 18.2 Å². The van der Waals surface area contributed by atoms with Crippen LogP contribution in [0.3, 0.4) is 0 Å². The average molecular weight is 233 g/mol. The number of hydrogen-bond acceptors (Lipinski definition) is 4. The lowest BCUT2D eigenvalue weighted by molar-refractivity contribution is 0.425. The van der Waals surface area contributed by atoms with E-state index in [2.05, 4.69) is 9.97 Å². The molecule has 0 aliphatic carbocycles. The first-order valence-corrected chi connectivity index (χ1v) is 5.25. The standard InChI is InChI=1S/C12H12FN3O/c1-2-11-15-10(14)7-12(16-11)17-9-6-4-3-5-8(9)13/h3-7H,2H2,1H3,(H2,14,15,16). The number of aryl methyl sites for hydroxylation is 1. The van der Waals surface area contributed by atoms with E-state index in [4.69, 9.17) is 10.5 Å². The third-order valence-electron chi connectivity index (χ3n) is 2.14. The Kier molecular flexibility index (Phi) is 3.18. The summed E-state index contributed by atoms with van der Waals surface area (Å²) in [6, 6.07) is 7.59. The predicted octanol–water partition coefficient (Wildman–Crippen LogP) is 2.55. The lowest BCUT2D eigenvalue weighted by Gasteiger charge is -2.07. The minimum absolute atomic E-state index is 0.118. The topological polar surface area (TPSA) is 61.0 Å². The molecule has 0 atom stereocenters. The molecule has 1 aromatic carbocycles. The Balaban J connectivity index is 2.30. The fourth-order valence-corrected chi connectivity index (χ4v) is 1.34. The molecule has 88 valence electrons. The van der Waals surface area contributed by atoms with Crippen LogP contribution in [0.4, 0.5) is 10.2 Å². The number of nitrogen functional groups attached to an aromatic ring is 1. The molecule has 0 aliphatic heterocycles. The van der Waals surface area contributed by atoms with Gasteiger partial charge >= 0.3 is 0 Å². The average Bonchev–Trinajstić information content (AvgIpc) is 2.31. The smallest absolute Gasteiger partial charge is 0.224 e. The van der Waals surface area contributed by atoms with E-state index in [0.717, 1.165) is 0 Å². The van der Waals surface area contributed by atoms with Crippen molar-refractivity contribution in [3.05, 3.63) is 42.0 Å². The zero-order valence-corrected chi connectivity index (χ0v) is 9.35. The number of benzene rings is 1. The van der Waals surface area contributed by atoms with Gasteiger partial charge in [0.1, 0.15) is 11.6 Å². The van der Waals surface area contributed by atoms with Gasteiger partial charge in [-0.25, -0.2) is 9.37 Å². The van der Waals surface area contributed by atoms with Crippen molar-refractivity contribution < 1.29 is 9.13 Å². The second kappa shape index (κ2) is 4.78. The number of aromatic nitrogens is 2. The van der Waals surface area contributed by atoms with Crippen molar-refractivity contribution in [1.29, 1.82) is 0 Å². The Bertz CT molecular complexity index is 531. The highest BCUT2D eigenvalue weighted by atomic mass is 19.1. The lowest BCUT2D eigenvalue weighted by atomic mass is 10.3. The van der Waals surface area contributed by atoms with Crippen molar-refractivity contribution in [2.24, 2.45) is 0 Å².